The average molecular weight is 284 g/mol. The summed E-state index contributed by atoms with van der Waals surface area (Å²) in [4.78, 5) is 22.9. The van der Waals surface area contributed by atoms with Crippen molar-refractivity contribution in [3.05, 3.63) is 0 Å². The number of carboxylic acids is 1. The summed E-state index contributed by atoms with van der Waals surface area (Å²) >= 11 is 0. The van der Waals surface area contributed by atoms with E-state index in [0.717, 1.165) is 44.9 Å². The molecule has 5 nitrogen and oxygen atoms in total. The van der Waals surface area contributed by atoms with Gasteiger partial charge in [-0.1, -0.05) is 32.6 Å². The van der Waals surface area contributed by atoms with Crippen LogP contribution in [0.3, 0.4) is 0 Å². The van der Waals surface area contributed by atoms with Crippen LogP contribution in [-0.2, 0) is 9.59 Å². The molecule has 0 saturated heterocycles. The summed E-state index contributed by atoms with van der Waals surface area (Å²) in [5, 5.41) is 11.8. The predicted octanol–water partition coefficient (Wildman–Crippen LogP) is 2.04. The molecule has 0 aromatic rings. The summed E-state index contributed by atoms with van der Waals surface area (Å²) in [6.07, 6.45) is 6.97. The van der Waals surface area contributed by atoms with E-state index in [4.69, 9.17) is 10.8 Å². The molecule has 0 radical (unpaired) electrons. The van der Waals surface area contributed by atoms with Gasteiger partial charge in [0.05, 0.1) is 11.5 Å². The second-order valence-corrected chi connectivity index (χ2v) is 6.26. The molecule has 1 aliphatic carbocycles. The van der Waals surface area contributed by atoms with Gasteiger partial charge in [-0.15, -0.1) is 0 Å². The Kier molecular flexibility index (Phi) is 6.46. The lowest BCUT2D eigenvalue weighted by atomic mass is 9.81. The average Bonchev–Trinajstić information content (AvgIpc) is 2.39. The van der Waals surface area contributed by atoms with Gasteiger partial charge in [-0.05, 0) is 32.6 Å². The monoisotopic (exact) mass is 284 g/mol. The zero-order valence-corrected chi connectivity index (χ0v) is 12.7. The van der Waals surface area contributed by atoms with Crippen LogP contribution in [0.15, 0.2) is 0 Å². The summed E-state index contributed by atoms with van der Waals surface area (Å²) in [6, 6.07) is 0.0471. The molecule has 20 heavy (non-hydrogen) atoms. The van der Waals surface area contributed by atoms with Crippen molar-refractivity contribution in [1.82, 2.24) is 5.32 Å². The molecule has 1 saturated carbocycles. The van der Waals surface area contributed by atoms with Crippen LogP contribution >= 0.6 is 0 Å². The first-order valence-corrected chi connectivity index (χ1v) is 7.68. The van der Waals surface area contributed by atoms with Crippen molar-refractivity contribution in [3.8, 4) is 0 Å². The number of nitrogens with one attached hydrogen (secondary N) is 1. The Morgan fingerprint density at radius 3 is 2.35 bits per heavy atom. The SMILES string of the molecule is CC(CCCC(C)C(=O)O)NC(=O)C1(N)CCCCC1. The molecule has 0 bridgehead atoms. The van der Waals surface area contributed by atoms with E-state index in [9.17, 15) is 9.59 Å². The second kappa shape index (κ2) is 7.62. The van der Waals surface area contributed by atoms with Crippen molar-refractivity contribution in [2.24, 2.45) is 11.7 Å². The zero-order valence-electron chi connectivity index (χ0n) is 12.7. The van der Waals surface area contributed by atoms with Crippen molar-refractivity contribution in [2.75, 3.05) is 0 Å². The van der Waals surface area contributed by atoms with Gasteiger partial charge in [0, 0.05) is 6.04 Å². The number of amides is 1. The number of carbonyl (C=O) groups excluding carboxylic acids is 1. The van der Waals surface area contributed by atoms with E-state index in [0.29, 0.717) is 6.42 Å². The van der Waals surface area contributed by atoms with E-state index in [-0.39, 0.29) is 17.9 Å². The van der Waals surface area contributed by atoms with Gasteiger partial charge in [-0.3, -0.25) is 9.59 Å². The van der Waals surface area contributed by atoms with E-state index in [1.807, 2.05) is 6.92 Å². The van der Waals surface area contributed by atoms with Gasteiger partial charge in [0.1, 0.15) is 0 Å². The lowest BCUT2D eigenvalue weighted by molar-refractivity contribution is -0.141. The molecule has 0 aromatic heterocycles. The summed E-state index contributed by atoms with van der Waals surface area (Å²) < 4.78 is 0. The molecule has 1 rings (SSSR count). The Morgan fingerprint density at radius 2 is 1.80 bits per heavy atom. The quantitative estimate of drug-likeness (QED) is 0.667. The number of hydrogen-bond acceptors (Lipinski definition) is 3. The van der Waals surface area contributed by atoms with Crippen LogP contribution in [0.5, 0.6) is 0 Å². The molecule has 0 aliphatic heterocycles. The second-order valence-electron chi connectivity index (χ2n) is 6.26. The van der Waals surface area contributed by atoms with Gasteiger partial charge >= 0.3 is 5.97 Å². The van der Waals surface area contributed by atoms with Crippen molar-refractivity contribution in [1.29, 1.82) is 0 Å². The van der Waals surface area contributed by atoms with Gasteiger partial charge in [0.25, 0.3) is 0 Å². The lowest BCUT2D eigenvalue weighted by Gasteiger charge is -2.33. The molecule has 2 unspecified atom stereocenters. The fraction of sp³-hybridized carbons (Fsp3) is 0.867. The fourth-order valence-electron chi connectivity index (χ4n) is 2.70. The normalized spacial score (nSPS) is 20.9. The molecule has 116 valence electrons. The predicted molar refractivity (Wildman–Crippen MR) is 78.3 cm³/mol. The molecule has 1 amide bonds. The number of aliphatic carboxylic acids is 1. The molecule has 0 aromatic carbocycles. The van der Waals surface area contributed by atoms with Gasteiger partial charge in [0.2, 0.25) is 5.91 Å². The largest absolute Gasteiger partial charge is 0.481 e. The molecule has 5 heteroatoms. The highest BCUT2D eigenvalue weighted by Crippen LogP contribution is 2.26. The topological polar surface area (TPSA) is 92.4 Å². The molecule has 0 heterocycles. The first-order valence-electron chi connectivity index (χ1n) is 7.68. The fourth-order valence-corrected chi connectivity index (χ4v) is 2.70. The highest BCUT2D eigenvalue weighted by Gasteiger charge is 2.35. The van der Waals surface area contributed by atoms with E-state index in [1.54, 1.807) is 6.92 Å². The number of nitrogens with two attached hydrogens (primary N) is 1. The van der Waals surface area contributed by atoms with E-state index >= 15 is 0 Å². The van der Waals surface area contributed by atoms with Gasteiger partial charge in [-0.25, -0.2) is 0 Å². The number of carbonyl (C=O) groups is 2. The third-order valence-electron chi connectivity index (χ3n) is 4.27. The van der Waals surface area contributed by atoms with E-state index in [1.165, 1.54) is 0 Å². The summed E-state index contributed by atoms with van der Waals surface area (Å²) in [5.74, 6) is -1.13. The first kappa shape index (κ1) is 17.0. The maximum atomic E-state index is 12.2. The minimum absolute atomic E-state index is 0.0454. The molecule has 2 atom stereocenters. The third-order valence-corrected chi connectivity index (χ3v) is 4.27. The van der Waals surface area contributed by atoms with Crippen molar-refractivity contribution < 1.29 is 14.7 Å². The molecule has 0 spiro atoms. The minimum atomic E-state index is -0.759. The summed E-state index contributed by atoms with van der Waals surface area (Å²) in [6.45, 7) is 3.66. The van der Waals surface area contributed by atoms with Crippen LogP contribution < -0.4 is 11.1 Å². The first-order chi connectivity index (χ1) is 9.35. The van der Waals surface area contributed by atoms with E-state index in [2.05, 4.69) is 5.32 Å². The summed E-state index contributed by atoms with van der Waals surface area (Å²) in [7, 11) is 0. The summed E-state index contributed by atoms with van der Waals surface area (Å²) in [5.41, 5.74) is 5.48. The Hall–Kier alpha value is -1.10. The Balaban J connectivity index is 2.29. The molecular weight excluding hydrogens is 256 g/mol. The maximum Gasteiger partial charge on any atom is 0.306 e. The number of carboxylic acid groups (broad SMARTS) is 1. The van der Waals surface area contributed by atoms with Crippen LogP contribution in [0, 0.1) is 5.92 Å². The van der Waals surface area contributed by atoms with Crippen molar-refractivity contribution in [3.63, 3.8) is 0 Å². The lowest BCUT2D eigenvalue weighted by Crippen LogP contribution is -2.56. The number of rotatable bonds is 7. The van der Waals surface area contributed by atoms with Crippen LogP contribution in [0.25, 0.3) is 0 Å². The molecule has 4 N–H and O–H groups in total. The highest BCUT2D eigenvalue weighted by molar-refractivity contribution is 5.86. The molecular formula is C15H28N2O3. The number of hydrogen-bond donors (Lipinski definition) is 3. The molecule has 1 aliphatic rings. The van der Waals surface area contributed by atoms with Crippen molar-refractivity contribution in [2.45, 2.75) is 76.8 Å². The molecule has 1 fully saturated rings. The maximum absolute atomic E-state index is 12.2. The standard InChI is InChI=1S/C15H28N2O3/c1-11(13(18)19)7-6-8-12(2)17-14(20)15(16)9-4-3-5-10-15/h11-12H,3-10,16H2,1-2H3,(H,17,20)(H,18,19). The Labute approximate surface area is 121 Å². The van der Waals surface area contributed by atoms with Crippen LogP contribution in [-0.4, -0.2) is 28.6 Å². The van der Waals surface area contributed by atoms with Gasteiger partial charge in [-0.2, -0.15) is 0 Å². The van der Waals surface area contributed by atoms with Crippen LogP contribution in [0.2, 0.25) is 0 Å². The minimum Gasteiger partial charge on any atom is -0.481 e. The van der Waals surface area contributed by atoms with Crippen molar-refractivity contribution >= 4 is 11.9 Å². The van der Waals surface area contributed by atoms with Gasteiger partial charge in [0.15, 0.2) is 0 Å². The van der Waals surface area contributed by atoms with Crippen LogP contribution in [0.4, 0.5) is 0 Å². The van der Waals surface area contributed by atoms with Gasteiger partial charge < -0.3 is 16.2 Å². The smallest absolute Gasteiger partial charge is 0.306 e. The zero-order chi connectivity index (χ0) is 15.2. The Morgan fingerprint density at radius 1 is 1.20 bits per heavy atom. The van der Waals surface area contributed by atoms with Crippen LogP contribution in [0.1, 0.15) is 65.2 Å². The third kappa shape index (κ3) is 5.12. The highest BCUT2D eigenvalue weighted by atomic mass is 16.4. The Bertz CT molecular complexity index is 338. The van der Waals surface area contributed by atoms with E-state index < -0.39 is 11.5 Å².